The van der Waals surface area contributed by atoms with Crippen molar-refractivity contribution in [1.82, 2.24) is 19.9 Å². The average molecular weight is 487 g/mol. The van der Waals surface area contributed by atoms with Gasteiger partial charge >= 0.3 is 11.8 Å². The number of benzene rings is 2. The Balaban J connectivity index is 1.28. The maximum atomic E-state index is 13.0. The molecule has 1 aliphatic rings. The van der Waals surface area contributed by atoms with Crippen LogP contribution < -0.4 is 15.4 Å². The second kappa shape index (κ2) is 10.2. The maximum absolute atomic E-state index is 13.0. The number of sulfonamides is 1. The molecule has 10 nitrogen and oxygen atoms in total. The second-order valence-corrected chi connectivity index (χ2v) is 9.58. The Kier molecular flexibility index (Phi) is 7.15. The summed E-state index contributed by atoms with van der Waals surface area (Å²) in [7, 11) is -2.35. The van der Waals surface area contributed by atoms with Gasteiger partial charge in [-0.1, -0.05) is 18.2 Å². The summed E-state index contributed by atoms with van der Waals surface area (Å²) in [5.41, 5.74) is 2.04. The minimum Gasteiger partial charge on any atom is -0.497 e. The van der Waals surface area contributed by atoms with Gasteiger partial charge in [0.2, 0.25) is 10.0 Å². The first-order valence-electron chi connectivity index (χ1n) is 10.8. The first-order chi connectivity index (χ1) is 16.4. The van der Waals surface area contributed by atoms with E-state index >= 15 is 0 Å². The number of aromatic amines is 1. The number of nitrogens with zero attached hydrogens (tertiary/aromatic N) is 1. The van der Waals surface area contributed by atoms with Crippen molar-refractivity contribution in [2.45, 2.75) is 17.5 Å². The molecular formula is C23H26N4O6S. The number of hydrogen-bond acceptors (Lipinski definition) is 6. The highest BCUT2D eigenvalue weighted by Crippen LogP contribution is 2.24. The molecule has 1 fully saturated rings. The topological polar surface area (TPSA) is 130 Å². The number of carbonyl (C=O) groups excluding carboxylic acids is 2. The van der Waals surface area contributed by atoms with Crippen LogP contribution >= 0.6 is 0 Å². The monoisotopic (exact) mass is 486 g/mol. The van der Waals surface area contributed by atoms with Gasteiger partial charge in [0, 0.05) is 30.2 Å². The molecule has 3 aromatic rings. The van der Waals surface area contributed by atoms with Crippen molar-refractivity contribution in [1.29, 1.82) is 0 Å². The van der Waals surface area contributed by atoms with Crippen LogP contribution in [0.3, 0.4) is 0 Å². The molecule has 0 bridgehead atoms. The number of ether oxygens (including phenoxy) is 2. The fourth-order valence-corrected chi connectivity index (χ4v) is 5.33. The van der Waals surface area contributed by atoms with Gasteiger partial charge in [-0.25, -0.2) is 8.42 Å². The number of nitrogens with one attached hydrogen (secondary N) is 3. The Morgan fingerprint density at radius 2 is 1.85 bits per heavy atom. The van der Waals surface area contributed by atoms with Crippen molar-refractivity contribution < 1.29 is 27.5 Å². The second-order valence-electron chi connectivity index (χ2n) is 7.69. The lowest BCUT2D eigenvalue weighted by Crippen LogP contribution is -2.47. The first kappa shape index (κ1) is 23.7. The minimum atomic E-state index is -3.84. The summed E-state index contributed by atoms with van der Waals surface area (Å²) in [6.07, 6.45) is 1.53. The number of rotatable bonds is 8. The van der Waals surface area contributed by atoms with Gasteiger partial charge in [0.1, 0.15) is 12.0 Å². The van der Waals surface area contributed by atoms with E-state index < -0.39 is 28.1 Å². The molecule has 0 aliphatic carbocycles. The number of fused-ring (bicyclic) bond motifs is 1. The van der Waals surface area contributed by atoms with Crippen LogP contribution in [0.25, 0.3) is 10.9 Å². The molecule has 0 radical (unpaired) electrons. The van der Waals surface area contributed by atoms with E-state index in [9.17, 15) is 18.0 Å². The Morgan fingerprint density at radius 1 is 1.12 bits per heavy atom. The molecule has 4 rings (SSSR count). The Morgan fingerprint density at radius 3 is 2.62 bits per heavy atom. The SMILES string of the molecule is COc1ccc(S(=O)(=O)N2CCO[C@H]2CNC(=O)C(=O)NCCc2c[nH]c3ccccc23)cc1. The molecule has 180 valence electrons. The molecule has 0 saturated carbocycles. The smallest absolute Gasteiger partial charge is 0.309 e. The van der Waals surface area contributed by atoms with Crippen LogP contribution in [0, 0.1) is 0 Å². The number of hydrogen-bond donors (Lipinski definition) is 3. The summed E-state index contributed by atoms with van der Waals surface area (Å²) in [5.74, 6) is -1.10. The standard InChI is InChI=1S/C23H26N4O6S/c1-32-17-6-8-18(9-7-17)34(30,31)27-12-13-33-21(27)15-26-23(29)22(28)24-11-10-16-14-25-20-5-3-2-4-19(16)20/h2-9,14,21,25H,10-13,15H2,1H3,(H,24,28)(H,26,29)/t21-/m0/s1. The largest absolute Gasteiger partial charge is 0.497 e. The number of carbonyl (C=O) groups is 2. The molecule has 2 aromatic carbocycles. The molecule has 1 aromatic heterocycles. The van der Waals surface area contributed by atoms with Crippen LogP contribution in [0.1, 0.15) is 5.56 Å². The van der Waals surface area contributed by atoms with Gasteiger partial charge in [0.15, 0.2) is 0 Å². The predicted octanol–water partition coefficient (Wildman–Crippen LogP) is 0.999. The summed E-state index contributed by atoms with van der Waals surface area (Å²) in [4.78, 5) is 27.7. The first-order valence-corrected chi connectivity index (χ1v) is 12.2. The molecule has 2 amide bonds. The maximum Gasteiger partial charge on any atom is 0.309 e. The van der Waals surface area contributed by atoms with Crippen molar-refractivity contribution in [3.8, 4) is 5.75 Å². The van der Waals surface area contributed by atoms with Gasteiger partial charge in [-0.3, -0.25) is 9.59 Å². The molecule has 1 atom stereocenters. The molecule has 2 heterocycles. The fraction of sp³-hybridized carbons (Fsp3) is 0.304. The van der Waals surface area contributed by atoms with E-state index in [0.29, 0.717) is 12.2 Å². The number of H-pyrrole nitrogens is 1. The molecule has 3 N–H and O–H groups in total. The zero-order chi connectivity index (χ0) is 24.1. The highest BCUT2D eigenvalue weighted by Gasteiger charge is 2.36. The Hall–Kier alpha value is -3.41. The van der Waals surface area contributed by atoms with E-state index in [1.54, 1.807) is 12.1 Å². The van der Waals surface area contributed by atoms with Crippen molar-refractivity contribution >= 4 is 32.7 Å². The third-order valence-electron chi connectivity index (χ3n) is 5.61. The summed E-state index contributed by atoms with van der Waals surface area (Å²) in [5, 5.41) is 6.12. The van der Waals surface area contributed by atoms with Crippen molar-refractivity contribution in [3.63, 3.8) is 0 Å². The highest BCUT2D eigenvalue weighted by atomic mass is 32.2. The number of amides is 2. The van der Waals surface area contributed by atoms with Crippen molar-refractivity contribution in [2.24, 2.45) is 0 Å². The Bertz CT molecular complexity index is 1270. The van der Waals surface area contributed by atoms with Crippen LogP contribution in [-0.2, 0) is 30.8 Å². The molecule has 0 spiro atoms. The zero-order valence-electron chi connectivity index (χ0n) is 18.6. The van der Waals surface area contributed by atoms with E-state index in [0.717, 1.165) is 16.5 Å². The van der Waals surface area contributed by atoms with Crippen LogP contribution in [0.2, 0.25) is 0 Å². The molecule has 1 aliphatic heterocycles. The third kappa shape index (κ3) is 5.06. The highest BCUT2D eigenvalue weighted by molar-refractivity contribution is 7.89. The molecule has 11 heteroatoms. The number of aromatic nitrogens is 1. The van der Waals surface area contributed by atoms with Gasteiger partial charge < -0.3 is 25.1 Å². The lowest BCUT2D eigenvalue weighted by Gasteiger charge is -2.23. The van der Waals surface area contributed by atoms with Gasteiger partial charge in [-0.15, -0.1) is 0 Å². The van der Waals surface area contributed by atoms with E-state index in [1.165, 1.54) is 23.5 Å². The fourth-order valence-electron chi connectivity index (χ4n) is 3.81. The van der Waals surface area contributed by atoms with Crippen LogP contribution in [-0.4, -0.2) is 69.1 Å². The molecule has 1 saturated heterocycles. The van der Waals surface area contributed by atoms with Gasteiger partial charge in [0.05, 0.1) is 25.2 Å². The lowest BCUT2D eigenvalue weighted by atomic mass is 10.1. The lowest BCUT2D eigenvalue weighted by molar-refractivity contribution is -0.139. The average Bonchev–Trinajstić information content (AvgIpc) is 3.50. The van der Waals surface area contributed by atoms with Crippen molar-refractivity contribution in [3.05, 3.63) is 60.3 Å². The van der Waals surface area contributed by atoms with E-state index in [2.05, 4.69) is 15.6 Å². The quantitative estimate of drug-likeness (QED) is 0.408. The number of methoxy groups -OCH3 is 1. The van der Waals surface area contributed by atoms with E-state index in [-0.39, 0.29) is 31.1 Å². The van der Waals surface area contributed by atoms with E-state index in [4.69, 9.17) is 9.47 Å². The third-order valence-corrected chi connectivity index (χ3v) is 7.51. The van der Waals surface area contributed by atoms with Gasteiger partial charge in [-0.05, 0) is 42.3 Å². The van der Waals surface area contributed by atoms with Crippen LogP contribution in [0.5, 0.6) is 5.75 Å². The summed E-state index contributed by atoms with van der Waals surface area (Å²) in [6.45, 7) is 0.467. The van der Waals surface area contributed by atoms with Gasteiger partial charge in [0.25, 0.3) is 0 Å². The van der Waals surface area contributed by atoms with E-state index in [1.807, 2.05) is 30.5 Å². The van der Waals surface area contributed by atoms with Crippen LogP contribution in [0.4, 0.5) is 0 Å². The summed E-state index contributed by atoms with van der Waals surface area (Å²) in [6, 6.07) is 13.8. The van der Waals surface area contributed by atoms with Gasteiger partial charge in [-0.2, -0.15) is 4.31 Å². The normalized spacial score (nSPS) is 16.4. The molecule has 34 heavy (non-hydrogen) atoms. The zero-order valence-corrected chi connectivity index (χ0v) is 19.4. The Labute approximate surface area is 197 Å². The summed E-state index contributed by atoms with van der Waals surface area (Å²) < 4.78 is 37.7. The predicted molar refractivity (Wildman–Crippen MR) is 125 cm³/mol. The minimum absolute atomic E-state index is 0.0881. The number of para-hydroxylation sites is 1. The summed E-state index contributed by atoms with van der Waals surface area (Å²) >= 11 is 0. The van der Waals surface area contributed by atoms with Crippen LogP contribution in [0.15, 0.2) is 59.6 Å². The molecular weight excluding hydrogens is 460 g/mol. The molecule has 0 unspecified atom stereocenters. The van der Waals surface area contributed by atoms with Crippen molar-refractivity contribution in [2.75, 3.05) is 33.4 Å².